The van der Waals surface area contributed by atoms with Gasteiger partial charge in [0.25, 0.3) is 0 Å². The smallest absolute Gasteiger partial charge is 0.336 e. The fourth-order valence-corrected chi connectivity index (χ4v) is 1.52. The Bertz CT molecular complexity index is 392. The fraction of sp³-hybridized carbons (Fsp3) is 0.417. The number of carboxylic acid groups (broad SMARTS) is 1. The minimum atomic E-state index is -1.01. The summed E-state index contributed by atoms with van der Waals surface area (Å²) in [6, 6.07) is 5.48. The second-order valence-electron chi connectivity index (χ2n) is 3.50. The minimum absolute atomic E-state index is 0.00421. The van der Waals surface area contributed by atoms with E-state index in [2.05, 4.69) is 15.9 Å². The number of ether oxygens (including phenoxy) is 2. The van der Waals surface area contributed by atoms with Gasteiger partial charge in [0.15, 0.2) is 6.10 Å². The Balaban J connectivity index is 2.59. The Labute approximate surface area is 109 Å². The maximum absolute atomic E-state index is 10.8. The van der Waals surface area contributed by atoms with Crippen molar-refractivity contribution in [2.24, 2.45) is 0 Å². The van der Waals surface area contributed by atoms with Gasteiger partial charge in [0.2, 0.25) is 0 Å². The predicted molar refractivity (Wildman–Crippen MR) is 67.4 cm³/mol. The molecule has 94 valence electrons. The van der Waals surface area contributed by atoms with E-state index >= 15 is 0 Å². The average Bonchev–Trinajstić information content (AvgIpc) is 2.28. The first kappa shape index (κ1) is 14.0. The number of aryl methyl sites for hydroxylation is 1. The Hall–Kier alpha value is -1.07. The first-order valence-electron chi connectivity index (χ1n) is 5.28. The van der Waals surface area contributed by atoms with Crippen molar-refractivity contribution in [2.75, 3.05) is 13.2 Å². The second-order valence-corrected chi connectivity index (χ2v) is 4.36. The third-order valence-corrected chi connectivity index (χ3v) is 3.06. The van der Waals surface area contributed by atoms with Crippen LogP contribution in [0.1, 0.15) is 12.5 Å². The molecule has 0 aliphatic carbocycles. The molecule has 0 fully saturated rings. The molecule has 0 spiro atoms. The van der Waals surface area contributed by atoms with Gasteiger partial charge < -0.3 is 14.6 Å². The van der Waals surface area contributed by atoms with Gasteiger partial charge in [0, 0.05) is 11.1 Å². The first-order chi connectivity index (χ1) is 8.04. The quantitative estimate of drug-likeness (QED) is 0.877. The van der Waals surface area contributed by atoms with Crippen molar-refractivity contribution < 1.29 is 19.4 Å². The van der Waals surface area contributed by atoms with Crippen LogP contribution in [0.15, 0.2) is 22.7 Å². The van der Waals surface area contributed by atoms with Crippen LogP contribution in [0.4, 0.5) is 0 Å². The minimum Gasteiger partial charge on any atom is -0.490 e. The Kier molecular flexibility index (Phi) is 5.44. The summed E-state index contributed by atoms with van der Waals surface area (Å²) in [4.78, 5) is 10.8. The van der Waals surface area contributed by atoms with Gasteiger partial charge in [0.1, 0.15) is 12.4 Å². The van der Waals surface area contributed by atoms with E-state index in [1.165, 1.54) is 0 Å². The lowest BCUT2D eigenvalue weighted by Gasteiger charge is -2.14. The van der Waals surface area contributed by atoms with E-state index in [1.807, 2.05) is 19.1 Å². The highest BCUT2D eigenvalue weighted by molar-refractivity contribution is 9.10. The van der Waals surface area contributed by atoms with E-state index in [0.29, 0.717) is 12.4 Å². The molecule has 0 amide bonds. The van der Waals surface area contributed by atoms with Crippen molar-refractivity contribution in [1.82, 2.24) is 0 Å². The Morgan fingerprint density at radius 2 is 2.24 bits per heavy atom. The number of hydrogen-bond acceptors (Lipinski definition) is 3. The van der Waals surface area contributed by atoms with E-state index < -0.39 is 12.1 Å². The van der Waals surface area contributed by atoms with Crippen LogP contribution >= 0.6 is 15.9 Å². The normalized spacial score (nSPS) is 12.2. The molecule has 5 heteroatoms. The summed E-state index contributed by atoms with van der Waals surface area (Å²) in [5, 5.41) is 8.87. The molecule has 1 N–H and O–H groups in total. The summed E-state index contributed by atoms with van der Waals surface area (Å²) in [5.74, 6) is -0.377. The largest absolute Gasteiger partial charge is 0.490 e. The lowest BCUT2D eigenvalue weighted by atomic mass is 10.2. The summed E-state index contributed by atoms with van der Waals surface area (Å²) < 4.78 is 11.4. The van der Waals surface area contributed by atoms with Crippen molar-refractivity contribution in [2.45, 2.75) is 20.0 Å². The molecular weight excluding hydrogens is 288 g/mol. The van der Waals surface area contributed by atoms with E-state index in [0.717, 1.165) is 10.0 Å². The van der Waals surface area contributed by atoms with Gasteiger partial charge in [0.05, 0.1) is 0 Å². The van der Waals surface area contributed by atoms with Gasteiger partial charge in [-0.3, -0.25) is 0 Å². The third kappa shape index (κ3) is 4.36. The molecule has 0 radical (unpaired) electrons. The van der Waals surface area contributed by atoms with E-state index in [-0.39, 0.29) is 6.61 Å². The van der Waals surface area contributed by atoms with Gasteiger partial charge >= 0.3 is 5.97 Å². The first-order valence-corrected chi connectivity index (χ1v) is 6.07. The van der Waals surface area contributed by atoms with Crippen molar-refractivity contribution in [1.29, 1.82) is 0 Å². The van der Waals surface area contributed by atoms with Crippen LogP contribution in [-0.4, -0.2) is 30.4 Å². The molecule has 1 atom stereocenters. The van der Waals surface area contributed by atoms with Gasteiger partial charge in [-0.25, -0.2) is 4.79 Å². The summed E-state index contributed by atoms with van der Waals surface area (Å²) in [7, 11) is 0. The molecule has 1 aromatic rings. The lowest BCUT2D eigenvalue weighted by molar-refractivity contribution is -0.152. The molecule has 0 saturated carbocycles. The molecule has 1 aromatic carbocycles. The standard InChI is InChI=1S/C12H15BrO4/c1-3-16-11(12(14)15)7-17-9-4-5-10(13)8(2)6-9/h4-6,11H,3,7H2,1-2H3,(H,14,15). The fourth-order valence-electron chi connectivity index (χ4n) is 1.27. The van der Waals surface area contributed by atoms with Gasteiger partial charge in [-0.1, -0.05) is 15.9 Å². The van der Waals surface area contributed by atoms with Crippen LogP contribution in [0.2, 0.25) is 0 Å². The number of rotatable bonds is 6. The third-order valence-electron chi connectivity index (χ3n) is 2.17. The molecule has 1 rings (SSSR count). The van der Waals surface area contributed by atoms with Crippen LogP contribution in [0, 0.1) is 6.92 Å². The van der Waals surface area contributed by atoms with Gasteiger partial charge in [-0.2, -0.15) is 0 Å². The van der Waals surface area contributed by atoms with Crippen molar-refractivity contribution in [3.8, 4) is 5.75 Å². The Morgan fingerprint density at radius 1 is 1.53 bits per heavy atom. The number of carbonyl (C=O) groups is 1. The van der Waals surface area contributed by atoms with E-state index in [4.69, 9.17) is 14.6 Å². The maximum Gasteiger partial charge on any atom is 0.336 e. The molecule has 4 nitrogen and oxygen atoms in total. The summed E-state index contributed by atoms with van der Waals surface area (Å²) in [6.07, 6.45) is -0.927. The molecule has 0 heterocycles. The molecule has 0 bridgehead atoms. The van der Waals surface area contributed by atoms with Crippen molar-refractivity contribution >= 4 is 21.9 Å². The van der Waals surface area contributed by atoms with Crippen LogP contribution in [0.5, 0.6) is 5.75 Å². The summed E-state index contributed by atoms with van der Waals surface area (Å²) in [6.45, 7) is 4.04. The molecular formula is C12H15BrO4. The highest BCUT2D eigenvalue weighted by Gasteiger charge is 2.18. The number of hydrogen-bond donors (Lipinski definition) is 1. The summed E-state index contributed by atoms with van der Waals surface area (Å²) >= 11 is 3.38. The van der Waals surface area contributed by atoms with Gasteiger partial charge in [-0.15, -0.1) is 0 Å². The van der Waals surface area contributed by atoms with E-state index in [1.54, 1.807) is 13.0 Å². The highest BCUT2D eigenvalue weighted by atomic mass is 79.9. The highest BCUT2D eigenvalue weighted by Crippen LogP contribution is 2.21. The van der Waals surface area contributed by atoms with Gasteiger partial charge in [-0.05, 0) is 37.6 Å². The molecule has 0 aliphatic rings. The molecule has 1 unspecified atom stereocenters. The zero-order chi connectivity index (χ0) is 12.8. The molecule has 17 heavy (non-hydrogen) atoms. The van der Waals surface area contributed by atoms with Crippen LogP contribution in [-0.2, 0) is 9.53 Å². The Morgan fingerprint density at radius 3 is 2.76 bits per heavy atom. The molecule has 0 aromatic heterocycles. The molecule has 0 aliphatic heterocycles. The topological polar surface area (TPSA) is 55.8 Å². The lowest BCUT2D eigenvalue weighted by Crippen LogP contribution is -2.30. The number of carboxylic acids is 1. The number of aliphatic carboxylic acids is 1. The summed E-state index contributed by atoms with van der Waals surface area (Å²) in [5.41, 5.74) is 1.03. The van der Waals surface area contributed by atoms with Crippen molar-refractivity contribution in [3.05, 3.63) is 28.2 Å². The van der Waals surface area contributed by atoms with Crippen LogP contribution < -0.4 is 4.74 Å². The number of benzene rings is 1. The monoisotopic (exact) mass is 302 g/mol. The van der Waals surface area contributed by atoms with Crippen LogP contribution in [0.3, 0.4) is 0 Å². The predicted octanol–water partition coefficient (Wildman–Crippen LogP) is 2.63. The SMILES string of the molecule is CCOC(COc1ccc(Br)c(C)c1)C(=O)O. The average molecular weight is 303 g/mol. The maximum atomic E-state index is 10.8. The van der Waals surface area contributed by atoms with Crippen LogP contribution in [0.25, 0.3) is 0 Å². The zero-order valence-corrected chi connectivity index (χ0v) is 11.4. The number of halogens is 1. The van der Waals surface area contributed by atoms with Crippen molar-refractivity contribution in [3.63, 3.8) is 0 Å². The molecule has 0 saturated heterocycles. The zero-order valence-electron chi connectivity index (χ0n) is 9.77. The second kappa shape index (κ2) is 6.61. The van der Waals surface area contributed by atoms with E-state index in [9.17, 15) is 4.79 Å².